The number of nitrogens with zero attached hydrogens (tertiary/aromatic N) is 3. The first-order valence-electron chi connectivity index (χ1n) is 7.62. The van der Waals surface area contributed by atoms with E-state index in [1.54, 1.807) is 0 Å². The standard InChI is InChI=1S/C15H28N4O/c1-12-5-7-15(11-20,8-6-12)16-9-13-10-19(18-17-13)14(2,3)4/h10,12,16,20H,5-9,11H2,1-4H3. The Bertz CT molecular complexity index is 427. The summed E-state index contributed by atoms with van der Waals surface area (Å²) in [7, 11) is 0. The molecule has 0 atom stereocenters. The van der Waals surface area contributed by atoms with Crippen LogP contribution in [0.2, 0.25) is 0 Å². The zero-order chi connectivity index (χ0) is 14.8. The van der Waals surface area contributed by atoms with Gasteiger partial charge in [0.05, 0.1) is 24.0 Å². The van der Waals surface area contributed by atoms with Gasteiger partial charge in [0.1, 0.15) is 0 Å². The summed E-state index contributed by atoms with van der Waals surface area (Å²) in [4.78, 5) is 0. The van der Waals surface area contributed by atoms with E-state index in [9.17, 15) is 5.11 Å². The lowest BCUT2D eigenvalue weighted by Gasteiger charge is -2.38. The third kappa shape index (κ3) is 3.58. The second-order valence-electron chi connectivity index (χ2n) is 7.30. The van der Waals surface area contributed by atoms with Crippen LogP contribution < -0.4 is 5.32 Å². The van der Waals surface area contributed by atoms with Crippen molar-refractivity contribution in [2.24, 2.45) is 5.92 Å². The van der Waals surface area contributed by atoms with E-state index < -0.39 is 0 Å². The fourth-order valence-electron chi connectivity index (χ4n) is 2.69. The normalized spacial score (nSPS) is 27.8. The lowest BCUT2D eigenvalue weighted by Crippen LogP contribution is -2.50. The summed E-state index contributed by atoms with van der Waals surface area (Å²) < 4.78 is 1.89. The minimum absolute atomic E-state index is 0.0415. The van der Waals surface area contributed by atoms with Gasteiger partial charge in [0.15, 0.2) is 0 Å². The summed E-state index contributed by atoms with van der Waals surface area (Å²) in [6.45, 7) is 9.48. The van der Waals surface area contributed by atoms with Crippen LogP contribution in [0, 0.1) is 5.92 Å². The maximum absolute atomic E-state index is 9.74. The van der Waals surface area contributed by atoms with Gasteiger partial charge in [-0.3, -0.25) is 0 Å². The molecule has 1 aliphatic rings. The van der Waals surface area contributed by atoms with Gasteiger partial charge in [-0.25, -0.2) is 4.68 Å². The van der Waals surface area contributed by atoms with Gasteiger partial charge in [-0.05, 0) is 52.4 Å². The largest absolute Gasteiger partial charge is 0.394 e. The highest BCUT2D eigenvalue weighted by molar-refractivity contribution is 4.98. The van der Waals surface area contributed by atoms with Crippen LogP contribution in [0.5, 0.6) is 0 Å². The zero-order valence-electron chi connectivity index (χ0n) is 13.2. The second kappa shape index (κ2) is 5.82. The molecule has 0 amide bonds. The number of rotatable bonds is 4. The minimum Gasteiger partial charge on any atom is -0.394 e. The van der Waals surface area contributed by atoms with E-state index in [1.165, 1.54) is 12.8 Å². The highest BCUT2D eigenvalue weighted by Crippen LogP contribution is 2.31. The number of aliphatic hydroxyl groups excluding tert-OH is 1. The first-order valence-corrected chi connectivity index (χ1v) is 7.62. The van der Waals surface area contributed by atoms with E-state index >= 15 is 0 Å². The molecule has 5 heteroatoms. The van der Waals surface area contributed by atoms with Gasteiger partial charge in [-0.1, -0.05) is 12.1 Å². The summed E-state index contributed by atoms with van der Waals surface area (Å²) in [5.74, 6) is 0.776. The van der Waals surface area contributed by atoms with E-state index in [-0.39, 0.29) is 17.7 Å². The van der Waals surface area contributed by atoms with Gasteiger partial charge in [0.2, 0.25) is 0 Å². The Morgan fingerprint density at radius 1 is 1.40 bits per heavy atom. The van der Waals surface area contributed by atoms with Crippen molar-refractivity contribution in [3.63, 3.8) is 0 Å². The molecule has 5 nitrogen and oxygen atoms in total. The molecule has 1 aliphatic carbocycles. The van der Waals surface area contributed by atoms with Gasteiger partial charge in [0, 0.05) is 12.1 Å². The van der Waals surface area contributed by atoms with E-state index in [1.807, 2.05) is 10.9 Å². The lowest BCUT2D eigenvalue weighted by atomic mass is 9.77. The van der Waals surface area contributed by atoms with Gasteiger partial charge < -0.3 is 10.4 Å². The molecule has 1 heterocycles. The minimum atomic E-state index is -0.127. The van der Waals surface area contributed by atoms with Gasteiger partial charge in [-0.15, -0.1) is 5.10 Å². The fraction of sp³-hybridized carbons (Fsp3) is 0.867. The van der Waals surface area contributed by atoms with E-state index in [4.69, 9.17) is 0 Å². The van der Waals surface area contributed by atoms with Crippen molar-refractivity contribution in [3.05, 3.63) is 11.9 Å². The Hall–Kier alpha value is -0.940. The molecule has 2 N–H and O–H groups in total. The number of hydrogen-bond donors (Lipinski definition) is 2. The molecule has 2 rings (SSSR count). The van der Waals surface area contributed by atoms with Crippen LogP contribution in [0.25, 0.3) is 0 Å². The number of hydrogen-bond acceptors (Lipinski definition) is 4. The Morgan fingerprint density at radius 3 is 2.55 bits per heavy atom. The van der Waals surface area contributed by atoms with Crippen molar-refractivity contribution in [3.8, 4) is 0 Å². The predicted molar refractivity (Wildman–Crippen MR) is 79.3 cm³/mol. The maximum atomic E-state index is 9.74. The first-order chi connectivity index (χ1) is 9.35. The molecule has 1 fully saturated rings. The number of aromatic nitrogens is 3. The molecule has 0 radical (unpaired) electrons. The summed E-state index contributed by atoms with van der Waals surface area (Å²) in [6.07, 6.45) is 6.43. The van der Waals surface area contributed by atoms with Crippen LogP contribution >= 0.6 is 0 Å². The third-order valence-corrected chi connectivity index (χ3v) is 4.41. The molecule has 114 valence electrons. The molecular formula is C15H28N4O. The van der Waals surface area contributed by atoms with Gasteiger partial charge in [0.25, 0.3) is 0 Å². The molecule has 1 saturated carbocycles. The fourth-order valence-corrected chi connectivity index (χ4v) is 2.69. The smallest absolute Gasteiger partial charge is 0.0965 e. The molecule has 0 aromatic carbocycles. The second-order valence-corrected chi connectivity index (χ2v) is 7.30. The molecule has 0 spiro atoms. The summed E-state index contributed by atoms with van der Waals surface area (Å²) in [5, 5.41) is 21.6. The average molecular weight is 280 g/mol. The van der Waals surface area contributed by atoms with Crippen molar-refractivity contribution < 1.29 is 5.11 Å². The Morgan fingerprint density at radius 2 is 2.05 bits per heavy atom. The van der Waals surface area contributed by atoms with E-state index in [2.05, 4.69) is 43.3 Å². The molecule has 20 heavy (non-hydrogen) atoms. The molecule has 0 saturated heterocycles. The van der Waals surface area contributed by atoms with E-state index in [0.717, 1.165) is 24.5 Å². The van der Waals surface area contributed by atoms with Crippen LogP contribution in [0.4, 0.5) is 0 Å². The van der Waals surface area contributed by atoms with Crippen LogP contribution in [0.15, 0.2) is 6.20 Å². The predicted octanol–water partition coefficient (Wildman–Crippen LogP) is 2.06. The summed E-state index contributed by atoms with van der Waals surface area (Å²) in [6, 6.07) is 0. The zero-order valence-corrected chi connectivity index (χ0v) is 13.2. The molecule has 0 bridgehead atoms. The SMILES string of the molecule is CC1CCC(CO)(NCc2cn(C(C)(C)C)nn2)CC1. The average Bonchev–Trinajstić information content (AvgIpc) is 2.88. The van der Waals surface area contributed by atoms with Gasteiger partial charge >= 0.3 is 0 Å². The summed E-state index contributed by atoms with van der Waals surface area (Å²) in [5.41, 5.74) is 0.768. The third-order valence-electron chi connectivity index (χ3n) is 4.41. The summed E-state index contributed by atoms with van der Waals surface area (Å²) >= 11 is 0. The Balaban J connectivity index is 1.95. The van der Waals surface area contributed by atoms with E-state index in [0.29, 0.717) is 6.54 Å². The number of aliphatic hydroxyl groups is 1. The first kappa shape index (κ1) is 15.4. The van der Waals surface area contributed by atoms with Crippen LogP contribution in [0.1, 0.15) is 59.1 Å². The maximum Gasteiger partial charge on any atom is 0.0965 e. The van der Waals surface area contributed by atoms with Crippen LogP contribution in [-0.2, 0) is 12.1 Å². The highest BCUT2D eigenvalue weighted by atomic mass is 16.3. The number of nitrogens with one attached hydrogen (secondary N) is 1. The molecule has 0 aliphatic heterocycles. The van der Waals surface area contributed by atoms with Crippen LogP contribution in [-0.4, -0.2) is 32.2 Å². The van der Waals surface area contributed by atoms with Gasteiger partial charge in [-0.2, -0.15) is 0 Å². The van der Waals surface area contributed by atoms with Crippen molar-refractivity contribution in [2.75, 3.05) is 6.61 Å². The Labute approximate surface area is 121 Å². The molecule has 1 aromatic rings. The van der Waals surface area contributed by atoms with Crippen molar-refractivity contribution in [1.82, 2.24) is 20.3 Å². The quantitative estimate of drug-likeness (QED) is 0.886. The monoisotopic (exact) mass is 280 g/mol. The lowest BCUT2D eigenvalue weighted by molar-refractivity contribution is 0.104. The van der Waals surface area contributed by atoms with Crippen LogP contribution in [0.3, 0.4) is 0 Å². The molecule has 1 aromatic heterocycles. The molecular weight excluding hydrogens is 252 g/mol. The molecule has 0 unspecified atom stereocenters. The highest BCUT2D eigenvalue weighted by Gasteiger charge is 2.33. The van der Waals surface area contributed by atoms with Crippen molar-refractivity contribution >= 4 is 0 Å². The van der Waals surface area contributed by atoms with Crippen molar-refractivity contribution in [2.45, 2.75) is 71.0 Å². The Kier molecular flexibility index (Phi) is 4.49. The topological polar surface area (TPSA) is 63.0 Å². The van der Waals surface area contributed by atoms with Crippen molar-refractivity contribution in [1.29, 1.82) is 0 Å².